The second kappa shape index (κ2) is 5.75. The van der Waals surface area contributed by atoms with Crippen LogP contribution in [0.1, 0.15) is 13.0 Å². The van der Waals surface area contributed by atoms with Gasteiger partial charge in [-0.15, -0.1) is 0 Å². The predicted molar refractivity (Wildman–Crippen MR) is 73.6 cm³/mol. The van der Waals surface area contributed by atoms with Gasteiger partial charge < -0.3 is 10.1 Å². The molecule has 0 aliphatic carbocycles. The molecular weight excluding hydrogens is 266 g/mol. The first-order chi connectivity index (χ1) is 9.11. The van der Waals surface area contributed by atoms with Crippen molar-refractivity contribution < 1.29 is 9.53 Å². The first-order valence-corrected chi connectivity index (χ1v) is 6.13. The molecule has 19 heavy (non-hydrogen) atoms. The van der Waals surface area contributed by atoms with Crippen molar-refractivity contribution in [3.8, 4) is 5.75 Å². The summed E-state index contributed by atoms with van der Waals surface area (Å²) in [5.41, 5.74) is 0.620. The second-order valence-electron chi connectivity index (χ2n) is 4.00. The summed E-state index contributed by atoms with van der Waals surface area (Å²) in [4.78, 5) is 12.0. The zero-order valence-electron chi connectivity index (χ0n) is 10.6. The highest BCUT2D eigenvalue weighted by molar-refractivity contribution is 6.32. The lowest BCUT2D eigenvalue weighted by Gasteiger charge is -2.13. The molecular formula is C13H14ClN3O2. The number of carbonyl (C=O) groups is 1. The highest BCUT2D eigenvalue weighted by atomic mass is 35.5. The van der Waals surface area contributed by atoms with E-state index in [1.54, 1.807) is 55.4 Å². The second-order valence-corrected chi connectivity index (χ2v) is 4.41. The van der Waals surface area contributed by atoms with E-state index in [1.165, 1.54) is 0 Å². The fourth-order valence-electron chi connectivity index (χ4n) is 1.62. The van der Waals surface area contributed by atoms with Gasteiger partial charge in [-0.2, -0.15) is 5.10 Å². The van der Waals surface area contributed by atoms with Crippen molar-refractivity contribution in [2.75, 3.05) is 12.4 Å². The van der Waals surface area contributed by atoms with Gasteiger partial charge in [0.1, 0.15) is 11.8 Å². The molecule has 1 aromatic heterocycles. The minimum absolute atomic E-state index is 0.162. The molecule has 0 radical (unpaired) electrons. The average molecular weight is 280 g/mol. The van der Waals surface area contributed by atoms with Gasteiger partial charge in [0, 0.05) is 18.1 Å². The third-order valence-corrected chi connectivity index (χ3v) is 3.02. The summed E-state index contributed by atoms with van der Waals surface area (Å²) < 4.78 is 6.64. The van der Waals surface area contributed by atoms with Crippen molar-refractivity contribution in [3.63, 3.8) is 0 Å². The summed E-state index contributed by atoms with van der Waals surface area (Å²) in [5.74, 6) is 0.407. The highest BCUT2D eigenvalue weighted by Crippen LogP contribution is 2.27. The molecule has 1 heterocycles. The fraction of sp³-hybridized carbons (Fsp3) is 0.231. The Hall–Kier alpha value is -2.01. The number of ether oxygens (including phenoxy) is 1. The molecule has 5 nitrogen and oxygen atoms in total. The van der Waals surface area contributed by atoms with Crippen LogP contribution in [-0.2, 0) is 4.79 Å². The molecule has 0 saturated heterocycles. The SMILES string of the molecule is COc1ccc(NC(=O)[C@H](C)n2cccn2)cc1Cl. The molecule has 1 N–H and O–H groups in total. The van der Waals surface area contributed by atoms with Crippen molar-refractivity contribution in [1.29, 1.82) is 0 Å². The van der Waals surface area contributed by atoms with E-state index in [9.17, 15) is 4.79 Å². The van der Waals surface area contributed by atoms with Crippen molar-refractivity contribution in [2.45, 2.75) is 13.0 Å². The van der Waals surface area contributed by atoms with E-state index in [0.29, 0.717) is 16.5 Å². The molecule has 1 amide bonds. The largest absolute Gasteiger partial charge is 0.495 e. The minimum Gasteiger partial charge on any atom is -0.495 e. The summed E-state index contributed by atoms with van der Waals surface area (Å²) in [6.07, 6.45) is 3.37. The van der Waals surface area contributed by atoms with Crippen molar-refractivity contribution >= 4 is 23.2 Å². The summed E-state index contributed by atoms with van der Waals surface area (Å²) >= 11 is 6.00. The van der Waals surface area contributed by atoms with Crippen molar-refractivity contribution in [3.05, 3.63) is 41.7 Å². The molecule has 1 aromatic carbocycles. The number of nitrogens with one attached hydrogen (secondary N) is 1. The van der Waals surface area contributed by atoms with Gasteiger partial charge in [-0.3, -0.25) is 9.48 Å². The van der Waals surface area contributed by atoms with E-state index >= 15 is 0 Å². The molecule has 2 aromatic rings. The van der Waals surface area contributed by atoms with Crippen LogP contribution in [0.15, 0.2) is 36.7 Å². The molecule has 2 rings (SSSR count). The van der Waals surface area contributed by atoms with Crippen LogP contribution < -0.4 is 10.1 Å². The van der Waals surface area contributed by atoms with Crippen LogP contribution in [0, 0.1) is 0 Å². The van der Waals surface area contributed by atoms with Gasteiger partial charge in [0.25, 0.3) is 0 Å². The standard InChI is InChI=1S/C13H14ClN3O2/c1-9(17-7-3-6-15-17)13(18)16-10-4-5-12(19-2)11(14)8-10/h3-9H,1-2H3,(H,16,18)/t9-/m0/s1. The topological polar surface area (TPSA) is 56.1 Å². The zero-order chi connectivity index (χ0) is 13.8. The van der Waals surface area contributed by atoms with Crippen LogP contribution in [-0.4, -0.2) is 22.8 Å². The zero-order valence-corrected chi connectivity index (χ0v) is 11.4. The van der Waals surface area contributed by atoms with E-state index in [1.807, 2.05) is 0 Å². The van der Waals surface area contributed by atoms with Gasteiger partial charge in [0.2, 0.25) is 5.91 Å². The number of amides is 1. The normalized spacial score (nSPS) is 11.9. The molecule has 0 fully saturated rings. The third kappa shape index (κ3) is 3.06. The Labute approximate surface area is 116 Å². The van der Waals surface area contributed by atoms with E-state index in [4.69, 9.17) is 16.3 Å². The molecule has 0 saturated carbocycles. The Kier molecular flexibility index (Phi) is 4.06. The molecule has 100 valence electrons. The van der Waals surface area contributed by atoms with Crippen LogP contribution in [0.25, 0.3) is 0 Å². The van der Waals surface area contributed by atoms with Gasteiger partial charge in [-0.25, -0.2) is 0 Å². The number of hydrogen-bond acceptors (Lipinski definition) is 3. The smallest absolute Gasteiger partial charge is 0.248 e. The fourth-order valence-corrected chi connectivity index (χ4v) is 1.88. The minimum atomic E-state index is -0.393. The number of halogens is 1. The summed E-state index contributed by atoms with van der Waals surface area (Å²) in [6.45, 7) is 1.77. The number of anilines is 1. The maximum absolute atomic E-state index is 12.0. The summed E-state index contributed by atoms with van der Waals surface area (Å²) in [7, 11) is 1.54. The van der Waals surface area contributed by atoms with E-state index in [-0.39, 0.29) is 5.91 Å². The Morgan fingerprint density at radius 1 is 1.53 bits per heavy atom. The number of hydrogen-bond donors (Lipinski definition) is 1. The lowest BCUT2D eigenvalue weighted by molar-refractivity contribution is -0.119. The molecule has 0 bridgehead atoms. The number of benzene rings is 1. The lowest BCUT2D eigenvalue weighted by atomic mass is 10.2. The van der Waals surface area contributed by atoms with Crippen LogP contribution >= 0.6 is 11.6 Å². The Bertz CT molecular complexity index is 569. The first-order valence-electron chi connectivity index (χ1n) is 5.75. The Morgan fingerprint density at radius 3 is 2.89 bits per heavy atom. The Balaban J connectivity index is 2.09. The molecule has 0 aliphatic rings. The van der Waals surface area contributed by atoms with Crippen molar-refractivity contribution in [1.82, 2.24) is 9.78 Å². The quantitative estimate of drug-likeness (QED) is 0.936. The van der Waals surface area contributed by atoms with Gasteiger partial charge in [0.15, 0.2) is 0 Å². The maximum atomic E-state index is 12.0. The van der Waals surface area contributed by atoms with Crippen LogP contribution in [0.2, 0.25) is 5.02 Å². The average Bonchev–Trinajstić information content (AvgIpc) is 2.92. The summed E-state index contributed by atoms with van der Waals surface area (Å²) in [5, 5.41) is 7.27. The highest BCUT2D eigenvalue weighted by Gasteiger charge is 2.15. The van der Waals surface area contributed by atoms with Gasteiger partial charge in [-0.05, 0) is 31.2 Å². The first kappa shape index (κ1) is 13.4. The van der Waals surface area contributed by atoms with E-state index in [2.05, 4.69) is 10.4 Å². The number of carbonyl (C=O) groups excluding carboxylic acids is 1. The maximum Gasteiger partial charge on any atom is 0.248 e. The predicted octanol–water partition coefficient (Wildman–Crippen LogP) is 2.74. The molecule has 0 aliphatic heterocycles. The summed E-state index contributed by atoms with van der Waals surface area (Å²) in [6, 6.07) is 6.47. The van der Waals surface area contributed by atoms with Gasteiger partial charge in [-0.1, -0.05) is 11.6 Å². The van der Waals surface area contributed by atoms with Crippen LogP contribution in [0.5, 0.6) is 5.75 Å². The number of methoxy groups -OCH3 is 1. The van der Waals surface area contributed by atoms with Crippen molar-refractivity contribution in [2.24, 2.45) is 0 Å². The number of nitrogens with zero attached hydrogens (tertiary/aromatic N) is 2. The van der Waals surface area contributed by atoms with Gasteiger partial charge in [0.05, 0.1) is 12.1 Å². The molecule has 1 atom stereocenters. The Morgan fingerprint density at radius 2 is 2.32 bits per heavy atom. The molecule has 6 heteroatoms. The van der Waals surface area contributed by atoms with Crippen LogP contribution in [0.3, 0.4) is 0 Å². The monoisotopic (exact) mass is 279 g/mol. The lowest BCUT2D eigenvalue weighted by Crippen LogP contribution is -2.23. The number of rotatable bonds is 4. The number of aromatic nitrogens is 2. The molecule has 0 spiro atoms. The van der Waals surface area contributed by atoms with Crippen LogP contribution in [0.4, 0.5) is 5.69 Å². The van der Waals surface area contributed by atoms with Gasteiger partial charge >= 0.3 is 0 Å². The van der Waals surface area contributed by atoms with E-state index < -0.39 is 6.04 Å². The van der Waals surface area contributed by atoms with E-state index in [0.717, 1.165) is 0 Å². The third-order valence-electron chi connectivity index (χ3n) is 2.72. The molecule has 0 unspecified atom stereocenters.